The van der Waals surface area contributed by atoms with E-state index in [1.54, 1.807) is 6.07 Å². The van der Waals surface area contributed by atoms with Gasteiger partial charge in [-0.2, -0.15) is 0 Å². The van der Waals surface area contributed by atoms with Crippen molar-refractivity contribution in [3.8, 4) is 0 Å². The van der Waals surface area contributed by atoms with Crippen LogP contribution in [-0.4, -0.2) is 0 Å². The van der Waals surface area contributed by atoms with E-state index < -0.39 is 0 Å². The van der Waals surface area contributed by atoms with E-state index in [0.717, 1.165) is 22.3 Å². The molecule has 0 aromatic heterocycles. The second-order valence-electron chi connectivity index (χ2n) is 5.00. The fourth-order valence-electron chi connectivity index (χ4n) is 2.35. The van der Waals surface area contributed by atoms with Crippen molar-refractivity contribution >= 4 is 11.6 Å². The number of hydrogen-bond acceptors (Lipinski definition) is 2. The number of hydrazine groups is 1. The van der Waals surface area contributed by atoms with Crippen LogP contribution in [0.2, 0.25) is 5.02 Å². The van der Waals surface area contributed by atoms with Crippen LogP contribution < -0.4 is 11.3 Å². The molecule has 3 N–H and O–H groups in total. The Hall–Kier alpha value is -1.42. The van der Waals surface area contributed by atoms with E-state index in [-0.39, 0.29) is 11.9 Å². The molecule has 1 atom stereocenters. The summed E-state index contributed by atoms with van der Waals surface area (Å²) in [5.74, 6) is 5.46. The SMILES string of the molecule is Cc1cc(F)ccc1CC(NN)c1cc(Cl)ccc1C. The van der Waals surface area contributed by atoms with Gasteiger partial charge in [0.15, 0.2) is 0 Å². The third kappa shape index (κ3) is 3.37. The van der Waals surface area contributed by atoms with Crippen molar-refractivity contribution in [2.45, 2.75) is 26.3 Å². The van der Waals surface area contributed by atoms with Crippen molar-refractivity contribution in [3.63, 3.8) is 0 Å². The molecule has 0 saturated carbocycles. The topological polar surface area (TPSA) is 38.0 Å². The van der Waals surface area contributed by atoms with Crippen LogP contribution in [0, 0.1) is 19.7 Å². The van der Waals surface area contributed by atoms with Crippen LogP contribution in [0.15, 0.2) is 36.4 Å². The second kappa shape index (κ2) is 6.35. The zero-order valence-corrected chi connectivity index (χ0v) is 12.3. The van der Waals surface area contributed by atoms with Crippen molar-refractivity contribution in [3.05, 3.63) is 69.5 Å². The Morgan fingerprint density at radius 1 is 1.15 bits per heavy atom. The molecule has 2 aromatic carbocycles. The van der Waals surface area contributed by atoms with Crippen molar-refractivity contribution < 1.29 is 4.39 Å². The molecule has 0 heterocycles. The number of aryl methyl sites for hydroxylation is 2. The summed E-state index contributed by atoms with van der Waals surface area (Å²) in [6.45, 7) is 3.92. The summed E-state index contributed by atoms with van der Waals surface area (Å²) in [6, 6.07) is 10.5. The molecule has 0 bridgehead atoms. The third-order valence-electron chi connectivity index (χ3n) is 3.55. The quantitative estimate of drug-likeness (QED) is 0.664. The summed E-state index contributed by atoms with van der Waals surface area (Å²) in [4.78, 5) is 0. The molecule has 0 saturated heterocycles. The van der Waals surface area contributed by atoms with Gasteiger partial charge in [0.05, 0.1) is 6.04 Å². The molecular weight excluding hydrogens is 275 g/mol. The van der Waals surface area contributed by atoms with Crippen molar-refractivity contribution in [1.29, 1.82) is 0 Å². The number of nitrogens with two attached hydrogens (primary N) is 1. The third-order valence-corrected chi connectivity index (χ3v) is 3.78. The van der Waals surface area contributed by atoms with Gasteiger partial charge in [-0.15, -0.1) is 0 Å². The highest BCUT2D eigenvalue weighted by atomic mass is 35.5. The summed E-state index contributed by atoms with van der Waals surface area (Å²) < 4.78 is 13.1. The molecule has 20 heavy (non-hydrogen) atoms. The zero-order valence-electron chi connectivity index (χ0n) is 11.6. The van der Waals surface area contributed by atoms with E-state index in [2.05, 4.69) is 5.43 Å². The molecule has 2 aromatic rings. The minimum atomic E-state index is -0.220. The maximum Gasteiger partial charge on any atom is 0.123 e. The van der Waals surface area contributed by atoms with E-state index in [1.165, 1.54) is 12.1 Å². The van der Waals surface area contributed by atoms with Gasteiger partial charge in [0.1, 0.15) is 5.82 Å². The van der Waals surface area contributed by atoms with Gasteiger partial charge in [-0.25, -0.2) is 4.39 Å². The summed E-state index contributed by atoms with van der Waals surface area (Å²) in [5, 5.41) is 0.682. The van der Waals surface area contributed by atoms with E-state index in [1.807, 2.05) is 32.0 Å². The van der Waals surface area contributed by atoms with Crippen molar-refractivity contribution in [2.75, 3.05) is 0 Å². The van der Waals surface area contributed by atoms with Gasteiger partial charge >= 0.3 is 0 Å². The van der Waals surface area contributed by atoms with Gasteiger partial charge in [0, 0.05) is 5.02 Å². The summed E-state index contributed by atoms with van der Waals surface area (Å²) in [7, 11) is 0. The summed E-state index contributed by atoms with van der Waals surface area (Å²) in [5.41, 5.74) is 6.99. The summed E-state index contributed by atoms with van der Waals surface area (Å²) >= 11 is 6.05. The Labute approximate surface area is 123 Å². The molecule has 0 fully saturated rings. The van der Waals surface area contributed by atoms with Gasteiger partial charge < -0.3 is 0 Å². The Balaban J connectivity index is 2.31. The molecule has 0 aliphatic carbocycles. The molecule has 0 aliphatic heterocycles. The van der Waals surface area contributed by atoms with Crippen molar-refractivity contribution in [2.24, 2.45) is 5.84 Å². The number of benzene rings is 2. The maximum absolute atomic E-state index is 13.1. The second-order valence-corrected chi connectivity index (χ2v) is 5.43. The van der Waals surface area contributed by atoms with Crippen LogP contribution >= 0.6 is 11.6 Å². The normalized spacial score (nSPS) is 12.4. The summed E-state index contributed by atoms with van der Waals surface area (Å²) in [6.07, 6.45) is 0.684. The number of hydrogen-bond donors (Lipinski definition) is 2. The van der Waals surface area contributed by atoms with E-state index in [0.29, 0.717) is 11.4 Å². The van der Waals surface area contributed by atoms with Gasteiger partial charge in [-0.05, 0) is 66.8 Å². The average Bonchev–Trinajstić information content (AvgIpc) is 2.41. The average molecular weight is 293 g/mol. The molecule has 4 heteroatoms. The molecule has 0 amide bonds. The lowest BCUT2D eigenvalue weighted by Gasteiger charge is -2.20. The highest BCUT2D eigenvalue weighted by molar-refractivity contribution is 6.30. The van der Waals surface area contributed by atoms with Crippen LogP contribution in [-0.2, 0) is 6.42 Å². The standard InChI is InChI=1S/C16H18ClFN2/c1-10-3-5-13(17)9-15(10)16(20-19)8-12-4-6-14(18)7-11(12)2/h3-7,9,16,20H,8,19H2,1-2H3. The first-order valence-corrected chi connectivity index (χ1v) is 6.86. The van der Waals surface area contributed by atoms with Crippen LogP contribution in [0.5, 0.6) is 0 Å². The predicted molar refractivity (Wildman–Crippen MR) is 81.1 cm³/mol. The van der Waals surface area contributed by atoms with Crippen LogP contribution in [0.3, 0.4) is 0 Å². The molecule has 106 valence electrons. The molecule has 0 aliphatic rings. The van der Waals surface area contributed by atoms with E-state index in [4.69, 9.17) is 17.4 Å². The fourth-order valence-corrected chi connectivity index (χ4v) is 2.53. The van der Waals surface area contributed by atoms with E-state index in [9.17, 15) is 4.39 Å². The maximum atomic E-state index is 13.1. The van der Waals surface area contributed by atoms with E-state index >= 15 is 0 Å². The minimum absolute atomic E-state index is 0.0575. The monoisotopic (exact) mass is 292 g/mol. The Bertz CT molecular complexity index is 613. The minimum Gasteiger partial charge on any atom is -0.271 e. The highest BCUT2D eigenvalue weighted by Gasteiger charge is 2.15. The molecular formula is C16H18ClFN2. The van der Waals surface area contributed by atoms with Gasteiger partial charge in [-0.3, -0.25) is 11.3 Å². The van der Waals surface area contributed by atoms with Crippen LogP contribution in [0.25, 0.3) is 0 Å². The van der Waals surface area contributed by atoms with Gasteiger partial charge in [0.25, 0.3) is 0 Å². The Morgan fingerprint density at radius 2 is 1.90 bits per heavy atom. The molecule has 0 radical (unpaired) electrons. The smallest absolute Gasteiger partial charge is 0.123 e. The fraction of sp³-hybridized carbons (Fsp3) is 0.250. The first kappa shape index (κ1) is 15.0. The lowest BCUT2D eigenvalue weighted by Crippen LogP contribution is -2.30. The highest BCUT2D eigenvalue weighted by Crippen LogP contribution is 2.25. The Kier molecular flexibility index (Phi) is 4.76. The predicted octanol–water partition coefficient (Wildman–Crippen LogP) is 3.84. The molecule has 1 unspecified atom stereocenters. The first-order valence-electron chi connectivity index (χ1n) is 6.48. The molecule has 0 spiro atoms. The Morgan fingerprint density at radius 3 is 2.55 bits per heavy atom. The lowest BCUT2D eigenvalue weighted by atomic mass is 9.94. The first-order chi connectivity index (χ1) is 9.51. The van der Waals surface area contributed by atoms with Crippen LogP contribution in [0.4, 0.5) is 4.39 Å². The number of nitrogens with one attached hydrogen (secondary N) is 1. The molecule has 2 nitrogen and oxygen atoms in total. The number of halogens is 2. The van der Waals surface area contributed by atoms with Crippen LogP contribution in [0.1, 0.15) is 28.3 Å². The molecule has 2 rings (SSSR count). The van der Waals surface area contributed by atoms with Gasteiger partial charge in [0.2, 0.25) is 0 Å². The number of rotatable bonds is 4. The van der Waals surface area contributed by atoms with Crippen molar-refractivity contribution in [1.82, 2.24) is 5.43 Å². The zero-order chi connectivity index (χ0) is 14.7. The lowest BCUT2D eigenvalue weighted by molar-refractivity contribution is 0.547. The largest absolute Gasteiger partial charge is 0.271 e. The van der Waals surface area contributed by atoms with Gasteiger partial charge in [-0.1, -0.05) is 23.7 Å².